The van der Waals surface area contributed by atoms with Gasteiger partial charge in [-0.2, -0.15) is 27.9 Å². The Kier molecular flexibility index (Phi) is 11.1. The van der Waals surface area contributed by atoms with Gasteiger partial charge in [0, 0.05) is 76.7 Å². The smallest absolute Gasteiger partial charge is 0.211 e. The van der Waals surface area contributed by atoms with E-state index in [4.69, 9.17) is 9.47 Å². The van der Waals surface area contributed by atoms with Crippen molar-refractivity contribution in [2.75, 3.05) is 72.7 Å². The van der Waals surface area contributed by atoms with E-state index in [1.807, 2.05) is 23.5 Å². The van der Waals surface area contributed by atoms with Gasteiger partial charge in [0.25, 0.3) is 0 Å². The van der Waals surface area contributed by atoms with Crippen molar-refractivity contribution < 1.29 is 26.3 Å². The zero-order valence-electron chi connectivity index (χ0n) is 21.0. The van der Waals surface area contributed by atoms with Crippen LogP contribution in [0.4, 0.5) is 17.1 Å². The molecule has 37 heavy (non-hydrogen) atoms. The average molecular weight is 556 g/mol. The molecule has 1 saturated heterocycles. The van der Waals surface area contributed by atoms with E-state index >= 15 is 0 Å². The lowest BCUT2D eigenvalue weighted by molar-refractivity contribution is -0.510. The highest BCUT2D eigenvalue weighted by Gasteiger charge is 2.09. The van der Waals surface area contributed by atoms with Crippen LogP contribution in [0.25, 0.3) is 16.3 Å². The van der Waals surface area contributed by atoms with Gasteiger partial charge in [-0.3, -0.25) is 0 Å². The SMILES string of the molecule is [Cl-].c1cc[n+]2cc3ccc(Nc4ccc(N5CCSCCOCCOCCSCC5)cc4)cc3cc2c1. The van der Waals surface area contributed by atoms with Gasteiger partial charge < -0.3 is 32.1 Å². The molecule has 0 bridgehead atoms. The van der Waals surface area contributed by atoms with Crippen LogP contribution in [-0.2, 0) is 9.47 Å². The molecule has 1 aliphatic heterocycles. The zero-order chi connectivity index (χ0) is 24.4. The first-order valence-corrected chi connectivity index (χ1v) is 14.9. The van der Waals surface area contributed by atoms with E-state index in [0.29, 0.717) is 13.2 Å². The van der Waals surface area contributed by atoms with E-state index < -0.39 is 0 Å². The summed E-state index contributed by atoms with van der Waals surface area (Å²) in [5, 5.41) is 6.05. The average Bonchev–Trinajstić information content (AvgIpc) is 2.92. The molecule has 8 heteroatoms. The Morgan fingerprint density at radius 3 is 2.14 bits per heavy atom. The Morgan fingerprint density at radius 2 is 1.41 bits per heavy atom. The number of aromatic nitrogens is 1. The van der Waals surface area contributed by atoms with Crippen molar-refractivity contribution >= 4 is 56.9 Å². The van der Waals surface area contributed by atoms with E-state index in [0.717, 1.165) is 60.7 Å². The maximum absolute atomic E-state index is 5.65. The number of halogens is 1. The predicted molar refractivity (Wildman–Crippen MR) is 155 cm³/mol. The second-order valence-corrected chi connectivity index (χ2v) is 11.2. The molecule has 1 fully saturated rings. The molecule has 1 N–H and O–H groups in total. The summed E-state index contributed by atoms with van der Waals surface area (Å²) in [7, 11) is 0. The number of fused-ring (bicyclic) bond motifs is 2. The summed E-state index contributed by atoms with van der Waals surface area (Å²) < 4.78 is 13.5. The second-order valence-electron chi connectivity index (χ2n) is 8.76. The van der Waals surface area contributed by atoms with Crippen molar-refractivity contribution in [2.45, 2.75) is 0 Å². The van der Waals surface area contributed by atoms with Crippen molar-refractivity contribution in [3.05, 3.63) is 79.1 Å². The number of nitrogens with zero attached hydrogens (tertiary/aromatic N) is 2. The number of anilines is 3. The zero-order valence-corrected chi connectivity index (χ0v) is 23.4. The second kappa shape index (κ2) is 14.7. The van der Waals surface area contributed by atoms with Crippen LogP contribution in [0, 0.1) is 0 Å². The van der Waals surface area contributed by atoms with Crippen LogP contribution in [-0.4, -0.2) is 62.5 Å². The highest BCUT2D eigenvalue weighted by Crippen LogP contribution is 2.25. The maximum atomic E-state index is 5.65. The van der Waals surface area contributed by atoms with Crippen LogP contribution in [0.2, 0.25) is 0 Å². The number of hydrogen-bond acceptors (Lipinski definition) is 6. The summed E-state index contributed by atoms with van der Waals surface area (Å²) in [4.78, 5) is 2.50. The summed E-state index contributed by atoms with van der Waals surface area (Å²) in [6, 6.07) is 23.9. The summed E-state index contributed by atoms with van der Waals surface area (Å²) in [5.41, 5.74) is 4.67. The summed E-state index contributed by atoms with van der Waals surface area (Å²) in [6.45, 7) is 5.09. The maximum Gasteiger partial charge on any atom is 0.211 e. The predicted octanol–water partition coefficient (Wildman–Crippen LogP) is 2.65. The van der Waals surface area contributed by atoms with E-state index in [2.05, 4.69) is 93.7 Å². The van der Waals surface area contributed by atoms with E-state index in [9.17, 15) is 0 Å². The Hall–Kier alpha value is -2.16. The first-order chi connectivity index (χ1) is 17.8. The van der Waals surface area contributed by atoms with Gasteiger partial charge in [-0.1, -0.05) is 0 Å². The van der Waals surface area contributed by atoms with Gasteiger partial charge >= 0.3 is 0 Å². The molecule has 0 aliphatic carbocycles. The van der Waals surface area contributed by atoms with Crippen molar-refractivity contribution in [3.63, 3.8) is 0 Å². The van der Waals surface area contributed by atoms with Crippen LogP contribution >= 0.6 is 23.5 Å². The third-order valence-corrected chi connectivity index (χ3v) is 8.09. The van der Waals surface area contributed by atoms with Gasteiger partial charge in [0.2, 0.25) is 5.52 Å². The van der Waals surface area contributed by atoms with Crippen LogP contribution in [0.3, 0.4) is 0 Å². The molecule has 0 atom stereocenters. The molecule has 4 aromatic rings. The lowest BCUT2D eigenvalue weighted by Crippen LogP contribution is -3.00. The minimum Gasteiger partial charge on any atom is -1.00 e. The van der Waals surface area contributed by atoms with Crippen LogP contribution < -0.4 is 27.0 Å². The third-order valence-electron chi connectivity index (χ3n) is 6.24. The molecule has 5 nitrogen and oxygen atoms in total. The van der Waals surface area contributed by atoms with Gasteiger partial charge in [0.05, 0.1) is 26.4 Å². The topological polar surface area (TPSA) is 37.8 Å². The molecular weight excluding hydrogens is 522 g/mol. The summed E-state index contributed by atoms with van der Waals surface area (Å²) in [5.74, 6) is 4.28. The number of nitrogens with one attached hydrogen (secondary N) is 1. The monoisotopic (exact) mass is 555 g/mol. The fourth-order valence-electron chi connectivity index (χ4n) is 4.32. The molecule has 5 rings (SSSR count). The van der Waals surface area contributed by atoms with Crippen molar-refractivity contribution in [2.24, 2.45) is 0 Å². The minimum atomic E-state index is 0. The molecule has 0 amide bonds. The fraction of sp³-hybridized carbons (Fsp3) is 0.345. The largest absolute Gasteiger partial charge is 1.00 e. The lowest BCUT2D eigenvalue weighted by Gasteiger charge is -2.25. The molecule has 1 aliphatic rings. The molecule has 0 saturated carbocycles. The number of benzene rings is 2. The molecule has 2 aromatic heterocycles. The number of pyridine rings is 2. The molecule has 0 spiro atoms. The third kappa shape index (κ3) is 8.16. The molecule has 0 unspecified atom stereocenters. The van der Waals surface area contributed by atoms with Gasteiger partial charge in [-0.05, 0) is 53.9 Å². The normalized spacial score (nSPS) is 16.5. The number of hydrogen-bond donors (Lipinski definition) is 1. The number of rotatable bonds is 3. The van der Waals surface area contributed by atoms with Gasteiger partial charge in [0.1, 0.15) is 0 Å². The van der Waals surface area contributed by atoms with Crippen LogP contribution in [0.15, 0.2) is 79.1 Å². The highest BCUT2D eigenvalue weighted by molar-refractivity contribution is 7.99. The van der Waals surface area contributed by atoms with Gasteiger partial charge in [0.15, 0.2) is 12.4 Å². The van der Waals surface area contributed by atoms with Crippen LogP contribution in [0.1, 0.15) is 0 Å². The van der Waals surface area contributed by atoms with Crippen molar-refractivity contribution in [1.82, 2.24) is 0 Å². The van der Waals surface area contributed by atoms with Crippen LogP contribution in [0.5, 0.6) is 0 Å². The molecular formula is C29H34ClN3O2S2. The first kappa shape index (κ1) is 27.9. The number of ether oxygens (including phenoxy) is 2. The summed E-state index contributed by atoms with van der Waals surface area (Å²) in [6.07, 6.45) is 4.27. The van der Waals surface area contributed by atoms with E-state index in [1.54, 1.807) is 0 Å². The van der Waals surface area contributed by atoms with Crippen molar-refractivity contribution in [3.8, 4) is 0 Å². The Bertz CT molecular complexity index is 1240. The minimum absolute atomic E-state index is 0. The highest BCUT2D eigenvalue weighted by atomic mass is 35.5. The first-order valence-electron chi connectivity index (χ1n) is 12.6. The standard InChI is InChI=1S/C29H33N3O2S2.ClH/c1-2-10-32-23-24-4-5-27(21-25(24)22-29(32)3-1)30-26-6-8-28(9-7-26)31-11-17-35-19-15-33-13-14-34-16-20-36-18-12-31;/h1-10,21-23H,11-20H2;1H. The Morgan fingerprint density at radius 1 is 0.703 bits per heavy atom. The summed E-state index contributed by atoms with van der Waals surface area (Å²) >= 11 is 3.92. The van der Waals surface area contributed by atoms with E-state index in [1.165, 1.54) is 22.0 Å². The number of thioether (sulfide) groups is 2. The molecule has 196 valence electrons. The molecule has 3 heterocycles. The Balaban J connectivity index is 0.00000320. The lowest BCUT2D eigenvalue weighted by atomic mass is 10.1. The van der Waals surface area contributed by atoms with E-state index in [-0.39, 0.29) is 12.4 Å². The molecule has 2 aromatic carbocycles. The fourth-order valence-corrected chi connectivity index (χ4v) is 5.90. The van der Waals surface area contributed by atoms with Gasteiger partial charge in [-0.25, -0.2) is 0 Å². The molecule has 0 radical (unpaired) electrons. The quantitative estimate of drug-likeness (QED) is 0.309. The van der Waals surface area contributed by atoms with Crippen molar-refractivity contribution in [1.29, 1.82) is 0 Å². The van der Waals surface area contributed by atoms with Gasteiger partial charge in [-0.15, -0.1) is 0 Å². The Labute approximate surface area is 234 Å².